The number of nitrogens with one attached hydrogen (secondary N) is 1. The second kappa shape index (κ2) is 5.28. The Bertz CT molecular complexity index is 265. The zero-order chi connectivity index (χ0) is 10.5. The highest BCUT2D eigenvalue weighted by atomic mass is 16.3. The van der Waals surface area contributed by atoms with Crippen LogP contribution in [0, 0.1) is 5.92 Å². The van der Waals surface area contributed by atoms with Gasteiger partial charge in [0.15, 0.2) is 6.39 Å². The molecule has 0 aromatic carbocycles. The van der Waals surface area contributed by atoms with Gasteiger partial charge in [-0.15, -0.1) is 0 Å². The largest absolute Gasteiger partial charge is 0.447 e. The van der Waals surface area contributed by atoms with Crippen LogP contribution in [0.25, 0.3) is 0 Å². The fraction of sp³-hybridized carbons (Fsp3) is 0.727. The average molecular weight is 209 g/mol. The maximum atomic E-state index is 5.16. The fourth-order valence-electron chi connectivity index (χ4n) is 2.00. The van der Waals surface area contributed by atoms with Gasteiger partial charge in [0.25, 0.3) is 0 Å². The van der Waals surface area contributed by atoms with Crippen molar-refractivity contribution in [2.24, 2.45) is 5.92 Å². The first-order chi connectivity index (χ1) is 7.34. The van der Waals surface area contributed by atoms with Crippen LogP contribution in [0.5, 0.6) is 0 Å². The van der Waals surface area contributed by atoms with Crippen molar-refractivity contribution in [2.45, 2.75) is 19.4 Å². The highest BCUT2D eigenvalue weighted by molar-refractivity contribution is 4.87. The summed E-state index contributed by atoms with van der Waals surface area (Å²) >= 11 is 0. The third-order valence-corrected chi connectivity index (χ3v) is 3.05. The molecule has 1 aliphatic rings. The number of hydrogen-bond donors (Lipinski definition) is 1. The monoisotopic (exact) mass is 209 g/mol. The molecular weight excluding hydrogens is 190 g/mol. The van der Waals surface area contributed by atoms with E-state index in [1.165, 1.54) is 32.3 Å². The molecule has 0 aliphatic carbocycles. The molecule has 0 unspecified atom stereocenters. The Kier molecular flexibility index (Phi) is 3.75. The normalized spacial score (nSPS) is 19.5. The Hall–Kier alpha value is -0.870. The van der Waals surface area contributed by atoms with Crippen molar-refractivity contribution in [2.75, 3.05) is 26.7 Å². The molecule has 2 heterocycles. The molecule has 15 heavy (non-hydrogen) atoms. The lowest BCUT2D eigenvalue weighted by Crippen LogP contribution is -2.34. The minimum absolute atomic E-state index is 0.798. The summed E-state index contributed by atoms with van der Waals surface area (Å²) in [6, 6.07) is 0. The maximum absolute atomic E-state index is 5.16. The van der Waals surface area contributed by atoms with Crippen LogP contribution in [0.2, 0.25) is 0 Å². The molecular formula is C11H19N3O. The number of aromatic nitrogens is 1. The lowest BCUT2D eigenvalue weighted by molar-refractivity contribution is 0.215. The predicted molar refractivity (Wildman–Crippen MR) is 58.4 cm³/mol. The molecule has 0 amide bonds. The van der Waals surface area contributed by atoms with Gasteiger partial charge in [0.1, 0.15) is 5.76 Å². The molecule has 0 radical (unpaired) electrons. The highest BCUT2D eigenvalue weighted by Crippen LogP contribution is 2.14. The standard InChI is InChI=1S/C11H19N3O/c1-14-4-2-10(3-5-14)6-12-7-11-8-13-9-15-11/h8-10,12H,2-7H2,1H3. The first-order valence-corrected chi connectivity index (χ1v) is 5.61. The zero-order valence-electron chi connectivity index (χ0n) is 9.28. The van der Waals surface area contributed by atoms with Crippen LogP contribution in [0.15, 0.2) is 17.0 Å². The lowest BCUT2D eigenvalue weighted by atomic mass is 9.97. The molecule has 1 N–H and O–H groups in total. The van der Waals surface area contributed by atoms with Gasteiger partial charge in [0, 0.05) is 0 Å². The van der Waals surface area contributed by atoms with Crippen molar-refractivity contribution in [1.82, 2.24) is 15.2 Å². The van der Waals surface area contributed by atoms with Crippen molar-refractivity contribution in [3.05, 3.63) is 18.4 Å². The number of hydrogen-bond acceptors (Lipinski definition) is 4. The van der Waals surface area contributed by atoms with Gasteiger partial charge in [-0.3, -0.25) is 0 Å². The average Bonchev–Trinajstić information content (AvgIpc) is 2.74. The molecule has 1 saturated heterocycles. The molecule has 0 spiro atoms. The molecule has 84 valence electrons. The van der Waals surface area contributed by atoms with E-state index in [1.807, 2.05) is 0 Å². The lowest BCUT2D eigenvalue weighted by Gasteiger charge is -2.28. The van der Waals surface area contributed by atoms with E-state index >= 15 is 0 Å². The molecule has 2 rings (SSSR count). The second-order valence-corrected chi connectivity index (χ2v) is 4.35. The molecule has 1 fully saturated rings. The molecule has 1 aromatic heterocycles. The van der Waals surface area contributed by atoms with Crippen molar-refractivity contribution in [3.8, 4) is 0 Å². The number of rotatable bonds is 4. The van der Waals surface area contributed by atoms with Gasteiger partial charge in [-0.2, -0.15) is 0 Å². The van der Waals surface area contributed by atoms with E-state index in [2.05, 4.69) is 22.2 Å². The van der Waals surface area contributed by atoms with Gasteiger partial charge in [-0.25, -0.2) is 4.98 Å². The predicted octanol–water partition coefficient (Wildman–Crippen LogP) is 1.11. The van der Waals surface area contributed by atoms with Crippen LogP contribution in [0.3, 0.4) is 0 Å². The minimum atomic E-state index is 0.798. The van der Waals surface area contributed by atoms with E-state index in [0.717, 1.165) is 24.8 Å². The summed E-state index contributed by atoms with van der Waals surface area (Å²) in [4.78, 5) is 6.28. The van der Waals surface area contributed by atoms with E-state index in [4.69, 9.17) is 4.42 Å². The van der Waals surface area contributed by atoms with Gasteiger partial charge in [0.2, 0.25) is 0 Å². The molecule has 1 aromatic rings. The number of oxazole rings is 1. The van der Waals surface area contributed by atoms with Crippen LogP contribution < -0.4 is 5.32 Å². The zero-order valence-corrected chi connectivity index (χ0v) is 9.28. The van der Waals surface area contributed by atoms with Crippen LogP contribution in [0.1, 0.15) is 18.6 Å². The number of piperidine rings is 1. The quantitative estimate of drug-likeness (QED) is 0.806. The second-order valence-electron chi connectivity index (χ2n) is 4.35. The Morgan fingerprint density at radius 2 is 2.33 bits per heavy atom. The van der Waals surface area contributed by atoms with E-state index < -0.39 is 0 Å². The third-order valence-electron chi connectivity index (χ3n) is 3.05. The fourth-order valence-corrected chi connectivity index (χ4v) is 2.00. The molecule has 4 heteroatoms. The van der Waals surface area contributed by atoms with E-state index in [-0.39, 0.29) is 0 Å². The van der Waals surface area contributed by atoms with Crippen LogP contribution in [-0.4, -0.2) is 36.6 Å². The Balaban J connectivity index is 1.62. The molecule has 0 saturated carbocycles. The summed E-state index contributed by atoms with van der Waals surface area (Å²) in [5, 5.41) is 3.42. The first kappa shape index (κ1) is 10.6. The highest BCUT2D eigenvalue weighted by Gasteiger charge is 2.15. The van der Waals surface area contributed by atoms with Crippen molar-refractivity contribution < 1.29 is 4.42 Å². The minimum Gasteiger partial charge on any atom is -0.447 e. The number of nitrogens with zero attached hydrogens (tertiary/aromatic N) is 2. The summed E-state index contributed by atoms with van der Waals surface area (Å²) in [6.07, 6.45) is 5.86. The maximum Gasteiger partial charge on any atom is 0.180 e. The summed E-state index contributed by atoms with van der Waals surface area (Å²) < 4.78 is 5.16. The molecule has 0 bridgehead atoms. The van der Waals surface area contributed by atoms with Gasteiger partial charge in [0.05, 0.1) is 12.7 Å². The first-order valence-electron chi connectivity index (χ1n) is 5.61. The third kappa shape index (κ3) is 3.32. The summed E-state index contributed by atoms with van der Waals surface area (Å²) in [7, 11) is 2.19. The van der Waals surface area contributed by atoms with Crippen molar-refractivity contribution >= 4 is 0 Å². The van der Waals surface area contributed by atoms with Gasteiger partial charge >= 0.3 is 0 Å². The van der Waals surface area contributed by atoms with Gasteiger partial charge in [-0.05, 0) is 45.4 Å². The van der Waals surface area contributed by atoms with Crippen molar-refractivity contribution in [1.29, 1.82) is 0 Å². The van der Waals surface area contributed by atoms with Crippen molar-refractivity contribution in [3.63, 3.8) is 0 Å². The van der Waals surface area contributed by atoms with Gasteiger partial charge < -0.3 is 14.6 Å². The molecule has 0 atom stereocenters. The topological polar surface area (TPSA) is 41.3 Å². The van der Waals surface area contributed by atoms with Crippen LogP contribution in [0.4, 0.5) is 0 Å². The summed E-state index contributed by atoms with van der Waals surface area (Å²) in [5.74, 6) is 1.74. The Morgan fingerprint density at radius 1 is 1.53 bits per heavy atom. The molecule has 4 nitrogen and oxygen atoms in total. The molecule has 1 aliphatic heterocycles. The number of likely N-dealkylation sites (tertiary alicyclic amines) is 1. The van der Waals surface area contributed by atoms with E-state index in [0.29, 0.717) is 0 Å². The van der Waals surface area contributed by atoms with Crippen LogP contribution in [-0.2, 0) is 6.54 Å². The van der Waals surface area contributed by atoms with Crippen LogP contribution >= 0.6 is 0 Å². The van der Waals surface area contributed by atoms with E-state index in [1.54, 1.807) is 6.20 Å². The Morgan fingerprint density at radius 3 is 3.00 bits per heavy atom. The van der Waals surface area contributed by atoms with Gasteiger partial charge in [-0.1, -0.05) is 0 Å². The van der Waals surface area contributed by atoms with E-state index in [9.17, 15) is 0 Å². The summed E-state index contributed by atoms with van der Waals surface area (Å²) in [5.41, 5.74) is 0. The smallest absolute Gasteiger partial charge is 0.180 e. The SMILES string of the molecule is CN1CCC(CNCc2cnco2)CC1. The Labute approximate surface area is 90.7 Å². The summed E-state index contributed by atoms with van der Waals surface area (Å²) in [6.45, 7) is 4.35.